The first-order valence-corrected chi connectivity index (χ1v) is 12.5. The monoisotopic (exact) mass is 463 g/mol. The van der Waals surface area contributed by atoms with Gasteiger partial charge in [-0.05, 0) is 56.3 Å². The summed E-state index contributed by atoms with van der Waals surface area (Å²) in [5.74, 6) is 0.820. The predicted molar refractivity (Wildman–Crippen MR) is 137 cm³/mol. The zero-order valence-corrected chi connectivity index (χ0v) is 20.5. The van der Waals surface area contributed by atoms with Gasteiger partial charge in [-0.1, -0.05) is 37.3 Å². The van der Waals surface area contributed by atoms with Crippen LogP contribution in [0.1, 0.15) is 46.3 Å². The molecular weight excluding hydrogens is 430 g/mol. The number of benzene rings is 2. The first-order valence-electron chi connectivity index (χ1n) is 11.7. The maximum absolute atomic E-state index is 13.0. The minimum absolute atomic E-state index is 0.0647. The van der Waals surface area contributed by atoms with Gasteiger partial charge in [0.25, 0.3) is 5.91 Å². The Labute approximate surface area is 201 Å². The van der Waals surface area contributed by atoms with Crippen LogP contribution in [-0.2, 0) is 6.42 Å². The van der Waals surface area contributed by atoms with Crippen molar-refractivity contribution in [3.63, 3.8) is 0 Å². The summed E-state index contributed by atoms with van der Waals surface area (Å²) in [6, 6.07) is 20.2. The molecule has 0 unspecified atom stereocenters. The molecule has 1 fully saturated rings. The lowest BCUT2D eigenvalue weighted by Gasteiger charge is -2.38. The van der Waals surface area contributed by atoms with Crippen LogP contribution in [0.25, 0.3) is 0 Å². The molecule has 1 aliphatic heterocycles. The summed E-state index contributed by atoms with van der Waals surface area (Å²) in [4.78, 5) is 19.2. The van der Waals surface area contributed by atoms with E-state index in [0.29, 0.717) is 12.2 Å². The van der Waals surface area contributed by atoms with E-state index in [1.165, 1.54) is 16.0 Å². The summed E-state index contributed by atoms with van der Waals surface area (Å²) in [7, 11) is 2.18. The molecule has 1 aliphatic rings. The summed E-state index contributed by atoms with van der Waals surface area (Å²) >= 11 is 1.69. The Morgan fingerprint density at radius 3 is 2.36 bits per heavy atom. The second kappa shape index (κ2) is 11.0. The molecule has 0 spiro atoms. The number of carbonyl (C=O) groups excluding carboxylic acids is 1. The first kappa shape index (κ1) is 23.5. The Balaban J connectivity index is 1.71. The number of amides is 1. The highest BCUT2D eigenvalue weighted by Gasteiger charge is 2.29. The van der Waals surface area contributed by atoms with Crippen LogP contribution in [0.3, 0.4) is 0 Å². The highest BCUT2D eigenvalue weighted by molar-refractivity contribution is 7.16. The number of nitrogens with one attached hydrogen (secondary N) is 1. The van der Waals surface area contributed by atoms with Crippen molar-refractivity contribution in [2.24, 2.45) is 0 Å². The molecule has 1 amide bonds. The summed E-state index contributed by atoms with van der Waals surface area (Å²) in [5, 5.41) is 4.17. The Morgan fingerprint density at radius 1 is 1.03 bits per heavy atom. The molecule has 0 aliphatic carbocycles. The summed E-state index contributed by atoms with van der Waals surface area (Å²) < 4.78 is 5.68. The number of anilines is 1. The molecule has 1 atom stereocenters. The van der Waals surface area contributed by atoms with E-state index in [0.717, 1.165) is 43.4 Å². The summed E-state index contributed by atoms with van der Waals surface area (Å²) in [5.41, 5.74) is 3.07. The van der Waals surface area contributed by atoms with Gasteiger partial charge in [0, 0.05) is 42.2 Å². The smallest absolute Gasteiger partial charge is 0.256 e. The van der Waals surface area contributed by atoms with Crippen LogP contribution in [0.15, 0.2) is 60.7 Å². The number of carbonyl (C=O) groups is 1. The third-order valence-corrected chi connectivity index (χ3v) is 7.34. The minimum Gasteiger partial charge on any atom is -0.494 e. The van der Waals surface area contributed by atoms with Crippen molar-refractivity contribution in [3.8, 4) is 5.75 Å². The van der Waals surface area contributed by atoms with Gasteiger partial charge in [0.1, 0.15) is 10.8 Å². The van der Waals surface area contributed by atoms with Gasteiger partial charge in [-0.25, -0.2) is 0 Å². The van der Waals surface area contributed by atoms with E-state index >= 15 is 0 Å². The fraction of sp³-hybridized carbons (Fsp3) is 0.370. The van der Waals surface area contributed by atoms with Gasteiger partial charge in [0.15, 0.2) is 0 Å². The van der Waals surface area contributed by atoms with Crippen molar-refractivity contribution in [3.05, 3.63) is 82.2 Å². The number of ether oxygens (including phenoxy) is 1. The first-order chi connectivity index (χ1) is 16.1. The number of hydrogen-bond donors (Lipinski definition) is 1. The van der Waals surface area contributed by atoms with Crippen LogP contribution in [0.5, 0.6) is 5.75 Å². The standard InChI is InChI=1S/C27H33N3O2S/c1-4-23-19-24(27(33-23)28-26(31)21-9-7-6-8-10-21)25(30-17-15-29(3)16-18-30)20-11-13-22(14-12-20)32-5-2/h6-14,19,25H,4-5,15-18H2,1-3H3,(H,28,31)/t25-/m1/s1. The largest absolute Gasteiger partial charge is 0.494 e. The topological polar surface area (TPSA) is 44.8 Å². The number of aryl methyl sites for hydroxylation is 1. The molecule has 174 valence electrons. The number of likely N-dealkylation sites (N-methyl/N-ethyl adjacent to an activating group) is 1. The van der Waals surface area contributed by atoms with Crippen LogP contribution in [0, 0.1) is 0 Å². The molecule has 0 saturated carbocycles. The maximum Gasteiger partial charge on any atom is 0.256 e. The van der Waals surface area contributed by atoms with Gasteiger partial charge < -0.3 is 15.0 Å². The normalized spacial score (nSPS) is 15.8. The van der Waals surface area contributed by atoms with Crippen LogP contribution < -0.4 is 10.1 Å². The van der Waals surface area contributed by atoms with E-state index in [1.54, 1.807) is 11.3 Å². The molecule has 33 heavy (non-hydrogen) atoms. The third kappa shape index (κ3) is 5.64. The lowest BCUT2D eigenvalue weighted by atomic mass is 9.97. The molecule has 3 aromatic rings. The number of thiophene rings is 1. The molecule has 2 aromatic carbocycles. The lowest BCUT2D eigenvalue weighted by Crippen LogP contribution is -2.46. The average molecular weight is 464 g/mol. The molecule has 1 aromatic heterocycles. The van der Waals surface area contributed by atoms with Gasteiger partial charge in [0.2, 0.25) is 0 Å². The number of hydrogen-bond acceptors (Lipinski definition) is 5. The van der Waals surface area contributed by atoms with E-state index in [2.05, 4.69) is 59.4 Å². The third-order valence-electron chi connectivity index (χ3n) is 6.13. The summed E-state index contributed by atoms with van der Waals surface area (Å²) in [6.45, 7) is 8.85. The van der Waals surface area contributed by atoms with Crippen molar-refractivity contribution < 1.29 is 9.53 Å². The predicted octanol–water partition coefficient (Wildman–Crippen LogP) is 5.30. The SMILES string of the molecule is CCOc1ccc([C@H](c2cc(CC)sc2NC(=O)c2ccccc2)N2CCN(C)CC2)cc1. The Hall–Kier alpha value is -2.67. The molecule has 0 radical (unpaired) electrons. The number of rotatable bonds is 8. The van der Waals surface area contributed by atoms with Crippen LogP contribution in [0.2, 0.25) is 0 Å². The van der Waals surface area contributed by atoms with Crippen molar-refractivity contribution >= 4 is 22.2 Å². The second-order valence-electron chi connectivity index (χ2n) is 8.41. The van der Waals surface area contributed by atoms with Gasteiger partial charge in [-0.15, -0.1) is 11.3 Å². The van der Waals surface area contributed by atoms with Gasteiger partial charge in [-0.3, -0.25) is 9.69 Å². The van der Waals surface area contributed by atoms with Gasteiger partial charge in [0.05, 0.1) is 12.6 Å². The highest BCUT2D eigenvalue weighted by Crippen LogP contribution is 2.40. The van der Waals surface area contributed by atoms with Crippen LogP contribution >= 0.6 is 11.3 Å². The molecule has 1 N–H and O–H groups in total. The molecule has 5 nitrogen and oxygen atoms in total. The minimum atomic E-state index is -0.0647. The van der Waals surface area contributed by atoms with E-state index in [4.69, 9.17) is 4.74 Å². The highest BCUT2D eigenvalue weighted by atomic mass is 32.1. The molecule has 6 heteroatoms. The second-order valence-corrected chi connectivity index (χ2v) is 9.55. The zero-order chi connectivity index (χ0) is 23.2. The van der Waals surface area contributed by atoms with E-state index in [9.17, 15) is 4.79 Å². The molecule has 4 rings (SSSR count). The lowest BCUT2D eigenvalue weighted by molar-refractivity contribution is 0.102. The van der Waals surface area contributed by atoms with E-state index < -0.39 is 0 Å². The zero-order valence-electron chi connectivity index (χ0n) is 19.7. The Morgan fingerprint density at radius 2 is 1.73 bits per heavy atom. The average Bonchev–Trinajstić information content (AvgIpc) is 3.24. The van der Waals surface area contributed by atoms with E-state index in [-0.39, 0.29) is 11.9 Å². The molecule has 1 saturated heterocycles. The van der Waals surface area contributed by atoms with Crippen LogP contribution in [-0.4, -0.2) is 55.5 Å². The fourth-order valence-electron chi connectivity index (χ4n) is 4.28. The Kier molecular flexibility index (Phi) is 7.81. The maximum atomic E-state index is 13.0. The van der Waals surface area contributed by atoms with Gasteiger partial charge >= 0.3 is 0 Å². The number of nitrogens with zero attached hydrogens (tertiary/aromatic N) is 2. The van der Waals surface area contributed by atoms with E-state index in [1.807, 2.05) is 37.3 Å². The number of piperazine rings is 1. The van der Waals surface area contributed by atoms with Crippen LogP contribution in [0.4, 0.5) is 5.00 Å². The molecular formula is C27H33N3O2S. The molecule has 2 heterocycles. The fourth-order valence-corrected chi connectivity index (χ4v) is 5.30. The van der Waals surface area contributed by atoms with Gasteiger partial charge in [-0.2, -0.15) is 0 Å². The quantitative estimate of drug-likeness (QED) is 0.492. The van der Waals surface area contributed by atoms with Crippen molar-refractivity contribution in [2.45, 2.75) is 26.3 Å². The van der Waals surface area contributed by atoms with Crippen molar-refractivity contribution in [1.82, 2.24) is 9.80 Å². The Bertz CT molecular complexity index is 1040. The van der Waals surface area contributed by atoms with Crippen molar-refractivity contribution in [1.29, 1.82) is 0 Å². The molecule has 0 bridgehead atoms. The van der Waals surface area contributed by atoms with Crippen molar-refractivity contribution in [2.75, 3.05) is 45.2 Å². The summed E-state index contributed by atoms with van der Waals surface area (Å²) in [6.07, 6.45) is 0.942.